The summed E-state index contributed by atoms with van der Waals surface area (Å²) in [6.07, 6.45) is 2.01. The molecule has 0 amide bonds. The monoisotopic (exact) mass is 410 g/mol. The Hall–Kier alpha value is -3.41. The van der Waals surface area contributed by atoms with Gasteiger partial charge in [0.05, 0.1) is 34.4 Å². The first-order valence-electron chi connectivity index (χ1n) is 9.50. The van der Waals surface area contributed by atoms with Crippen LogP contribution in [0.1, 0.15) is 30.5 Å². The van der Waals surface area contributed by atoms with Crippen molar-refractivity contribution in [2.24, 2.45) is 5.92 Å². The molecule has 1 unspecified atom stereocenters. The third-order valence-corrected chi connectivity index (χ3v) is 5.42. The summed E-state index contributed by atoms with van der Waals surface area (Å²) in [6, 6.07) is 9.46. The van der Waals surface area contributed by atoms with Crippen LogP contribution >= 0.6 is 0 Å². The summed E-state index contributed by atoms with van der Waals surface area (Å²) in [6.45, 7) is 3.65. The Kier molecular flexibility index (Phi) is 6.06. The molecule has 0 saturated carbocycles. The molecule has 0 heterocycles. The van der Waals surface area contributed by atoms with E-state index < -0.39 is 11.9 Å². The van der Waals surface area contributed by atoms with Gasteiger partial charge in [0.1, 0.15) is 5.75 Å². The number of rotatable bonds is 7. The summed E-state index contributed by atoms with van der Waals surface area (Å²) in [5.74, 6) is 0.792. The maximum Gasteiger partial charge on any atom is 0.310 e. The Morgan fingerprint density at radius 1 is 0.933 bits per heavy atom. The zero-order chi connectivity index (χ0) is 22.0. The summed E-state index contributed by atoms with van der Waals surface area (Å²) in [5.41, 5.74) is 5.34. The molecule has 1 atom stereocenters. The standard InChI is InChI=1S/C24H26O6/c1-13-18(9-15-10-20(28-4)23(30-6)21(11-15)29-5)17-8-7-16(27-3)12-19(17)22(13)14(2)24(25)26/h7-12,14H,1-6H3,(H,25,26)/b18-9+. The maximum atomic E-state index is 11.8. The fourth-order valence-corrected chi connectivity index (χ4v) is 3.88. The average Bonchev–Trinajstić information content (AvgIpc) is 3.02. The second-order valence-corrected chi connectivity index (χ2v) is 7.03. The number of ether oxygens (including phenoxy) is 4. The predicted octanol–water partition coefficient (Wildman–Crippen LogP) is 4.77. The SMILES string of the molecule is COc1ccc2c(c1)C(C(C)C(=O)O)=C(C)/C2=C\c1cc(OC)c(OC)c(OC)c1. The minimum atomic E-state index is -0.868. The van der Waals surface area contributed by atoms with E-state index in [1.165, 1.54) is 0 Å². The Morgan fingerprint density at radius 3 is 2.07 bits per heavy atom. The minimum Gasteiger partial charge on any atom is -0.497 e. The molecule has 1 aliphatic rings. The molecule has 6 heteroatoms. The van der Waals surface area contributed by atoms with Gasteiger partial charge in [0.25, 0.3) is 0 Å². The van der Waals surface area contributed by atoms with E-state index >= 15 is 0 Å². The van der Waals surface area contributed by atoms with Crippen LogP contribution < -0.4 is 18.9 Å². The molecule has 0 aromatic heterocycles. The van der Waals surface area contributed by atoms with E-state index in [2.05, 4.69) is 0 Å². The highest BCUT2D eigenvalue weighted by Gasteiger charge is 2.30. The van der Waals surface area contributed by atoms with Crippen LogP contribution in [0.15, 0.2) is 35.9 Å². The number of fused-ring (bicyclic) bond motifs is 1. The van der Waals surface area contributed by atoms with Gasteiger partial charge in [0, 0.05) is 0 Å². The Balaban J connectivity index is 2.23. The summed E-state index contributed by atoms with van der Waals surface area (Å²) >= 11 is 0. The number of hydrogen-bond donors (Lipinski definition) is 1. The summed E-state index contributed by atoms with van der Waals surface area (Å²) in [5, 5.41) is 9.65. The van der Waals surface area contributed by atoms with Crippen molar-refractivity contribution in [2.45, 2.75) is 13.8 Å². The molecule has 1 N–H and O–H groups in total. The highest BCUT2D eigenvalue weighted by molar-refractivity contribution is 6.08. The second kappa shape index (κ2) is 8.53. The van der Waals surface area contributed by atoms with E-state index in [-0.39, 0.29) is 0 Å². The first-order chi connectivity index (χ1) is 14.4. The van der Waals surface area contributed by atoms with Gasteiger partial charge in [-0.2, -0.15) is 0 Å². The first-order valence-corrected chi connectivity index (χ1v) is 9.50. The van der Waals surface area contributed by atoms with E-state index in [1.807, 2.05) is 43.3 Å². The van der Waals surface area contributed by atoms with E-state index in [1.54, 1.807) is 35.4 Å². The highest BCUT2D eigenvalue weighted by atomic mass is 16.5. The van der Waals surface area contributed by atoms with E-state index in [0.29, 0.717) is 23.0 Å². The number of carboxylic acids is 1. The summed E-state index contributed by atoms with van der Waals surface area (Å²) < 4.78 is 21.7. The van der Waals surface area contributed by atoms with Crippen molar-refractivity contribution in [3.05, 3.63) is 52.6 Å². The molecule has 2 aromatic carbocycles. The number of allylic oxidation sites excluding steroid dienone is 2. The van der Waals surface area contributed by atoms with E-state index in [4.69, 9.17) is 18.9 Å². The van der Waals surface area contributed by atoms with Gasteiger partial charge in [-0.25, -0.2) is 0 Å². The van der Waals surface area contributed by atoms with Gasteiger partial charge in [-0.3, -0.25) is 4.79 Å². The third kappa shape index (κ3) is 3.61. The van der Waals surface area contributed by atoms with Gasteiger partial charge in [0.2, 0.25) is 5.75 Å². The molecule has 2 aromatic rings. The number of carboxylic acid groups (broad SMARTS) is 1. The molecule has 0 bridgehead atoms. The lowest BCUT2D eigenvalue weighted by molar-refractivity contribution is -0.139. The largest absolute Gasteiger partial charge is 0.497 e. The molecule has 30 heavy (non-hydrogen) atoms. The van der Waals surface area contributed by atoms with Crippen LogP contribution in [0.5, 0.6) is 23.0 Å². The fraction of sp³-hybridized carbons (Fsp3) is 0.292. The second-order valence-electron chi connectivity index (χ2n) is 7.03. The summed E-state index contributed by atoms with van der Waals surface area (Å²) in [4.78, 5) is 11.8. The van der Waals surface area contributed by atoms with Crippen LogP contribution in [0.25, 0.3) is 17.2 Å². The molecular formula is C24H26O6. The highest BCUT2D eigenvalue weighted by Crippen LogP contribution is 2.47. The smallest absolute Gasteiger partial charge is 0.310 e. The van der Waals surface area contributed by atoms with Gasteiger partial charge < -0.3 is 24.1 Å². The molecule has 0 aliphatic heterocycles. The molecule has 0 saturated heterocycles. The quantitative estimate of drug-likeness (QED) is 0.709. The van der Waals surface area contributed by atoms with Gasteiger partial charge in [-0.1, -0.05) is 6.07 Å². The van der Waals surface area contributed by atoms with Gasteiger partial charge in [-0.15, -0.1) is 0 Å². The lowest BCUT2D eigenvalue weighted by Gasteiger charge is -2.13. The van der Waals surface area contributed by atoms with Crippen molar-refractivity contribution in [3.63, 3.8) is 0 Å². The van der Waals surface area contributed by atoms with E-state index in [0.717, 1.165) is 33.4 Å². The molecule has 6 nitrogen and oxygen atoms in total. The van der Waals surface area contributed by atoms with Crippen LogP contribution in [0.2, 0.25) is 0 Å². The lowest BCUT2D eigenvalue weighted by atomic mass is 9.93. The first kappa shape index (κ1) is 21.3. The molecule has 0 fully saturated rings. The van der Waals surface area contributed by atoms with E-state index in [9.17, 15) is 9.90 Å². The topological polar surface area (TPSA) is 74.2 Å². The lowest BCUT2D eigenvalue weighted by Crippen LogP contribution is -2.11. The summed E-state index contributed by atoms with van der Waals surface area (Å²) in [7, 11) is 6.30. The zero-order valence-corrected chi connectivity index (χ0v) is 18.0. The maximum absolute atomic E-state index is 11.8. The molecular weight excluding hydrogens is 384 g/mol. The van der Waals surface area contributed by atoms with Crippen LogP contribution in [0.3, 0.4) is 0 Å². The Bertz CT molecular complexity index is 1020. The number of carbonyl (C=O) groups is 1. The van der Waals surface area contributed by atoms with Crippen LogP contribution in [0, 0.1) is 5.92 Å². The number of hydrogen-bond acceptors (Lipinski definition) is 5. The van der Waals surface area contributed by atoms with Crippen molar-refractivity contribution >= 4 is 23.2 Å². The van der Waals surface area contributed by atoms with Crippen LogP contribution in [0.4, 0.5) is 0 Å². The van der Waals surface area contributed by atoms with Crippen molar-refractivity contribution in [2.75, 3.05) is 28.4 Å². The number of benzene rings is 2. The van der Waals surface area contributed by atoms with Crippen molar-refractivity contribution < 1.29 is 28.8 Å². The normalized spacial score (nSPS) is 15.1. The zero-order valence-electron chi connectivity index (χ0n) is 18.0. The van der Waals surface area contributed by atoms with Crippen LogP contribution in [-0.2, 0) is 4.79 Å². The molecule has 0 radical (unpaired) electrons. The van der Waals surface area contributed by atoms with Gasteiger partial charge >= 0.3 is 5.97 Å². The average molecular weight is 410 g/mol. The number of aliphatic carboxylic acids is 1. The van der Waals surface area contributed by atoms with Crippen LogP contribution in [-0.4, -0.2) is 39.5 Å². The van der Waals surface area contributed by atoms with Gasteiger partial charge in [-0.05, 0) is 77.6 Å². The predicted molar refractivity (Wildman–Crippen MR) is 116 cm³/mol. The van der Waals surface area contributed by atoms with Crippen molar-refractivity contribution in [3.8, 4) is 23.0 Å². The molecule has 3 rings (SSSR count). The molecule has 0 spiro atoms. The molecule has 1 aliphatic carbocycles. The molecule has 158 valence electrons. The Labute approximate surface area is 176 Å². The third-order valence-electron chi connectivity index (χ3n) is 5.42. The van der Waals surface area contributed by atoms with Crippen molar-refractivity contribution in [1.82, 2.24) is 0 Å². The van der Waals surface area contributed by atoms with Gasteiger partial charge in [0.15, 0.2) is 11.5 Å². The van der Waals surface area contributed by atoms with Crippen molar-refractivity contribution in [1.29, 1.82) is 0 Å². The minimum absolute atomic E-state index is 0.520. The fourth-order valence-electron chi connectivity index (χ4n) is 3.88. The Morgan fingerprint density at radius 2 is 1.57 bits per heavy atom. The number of methoxy groups -OCH3 is 4.